The number of nitrogens with zero attached hydrogens (tertiary/aromatic N) is 1. The Balaban J connectivity index is 1.62. The number of aliphatic hydroxyl groups excluding tert-OH is 2. The molecule has 0 spiro atoms. The maximum atomic E-state index is 14.2. The van der Waals surface area contributed by atoms with E-state index in [9.17, 15) is 27.1 Å². The van der Waals surface area contributed by atoms with Gasteiger partial charge in [0.05, 0.1) is 21.6 Å². The number of halogens is 2. The number of anilines is 1. The SMILES string of the molecule is O=C(Nc1ncc(C(O)CO)s1)C(Oc1ccc(F)cc1F)c1ccc(S(=O)(=O)C2CC2)cc1. The van der Waals surface area contributed by atoms with Crippen molar-refractivity contribution in [2.75, 3.05) is 11.9 Å². The van der Waals surface area contributed by atoms with E-state index in [0.717, 1.165) is 23.5 Å². The summed E-state index contributed by atoms with van der Waals surface area (Å²) in [4.78, 5) is 17.4. The molecular weight excluding hydrogens is 490 g/mol. The van der Waals surface area contributed by atoms with Gasteiger partial charge >= 0.3 is 0 Å². The lowest BCUT2D eigenvalue weighted by Gasteiger charge is -2.19. The molecule has 1 fully saturated rings. The molecule has 0 saturated heterocycles. The highest BCUT2D eigenvalue weighted by Crippen LogP contribution is 2.34. The van der Waals surface area contributed by atoms with E-state index < -0.39 is 51.4 Å². The molecule has 2 aromatic carbocycles. The molecule has 1 aliphatic carbocycles. The van der Waals surface area contributed by atoms with Gasteiger partial charge in [-0.3, -0.25) is 10.1 Å². The number of hydrogen-bond donors (Lipinski definition) is 3. The molecule has 1 saturated carbocycles. The summed E-state index contributed by atoms with van der Waals surface area (Å²) in [6.45, 7) is -0.527. The second kappa shape index (κ2) is 9.74. The fraction of sp³-hybridized carbons (Fsp3) is 0.273. The number of aromatic nitrogens is 1. The van der Waals surface area contributed by atoms with Gasteiger partial charge in [-0.05, 0) is 37.1 Å². The summed E-state index contributed by atoms with van der Waals surface area (Å²) >= 11 is 0.922. The van der Waals surface area contributed by atoms with Crippen molar-refractivity contribution in [3.05, 3.63) is 70.7 Å². The topological polar surface area (TPSA) is 126 Å². The lowest BCUT2D eigenvalue weighted by atomic mass is 10.1. The van der Waals surface area contributed by atoms with Crippen molar-refractivity contribution in [2.24, 2.45) is 0 Å². The van der Waals surface area contributed by atoms with Crippen LogP contribution in [0.3, 0.4) is 0 Å². The maximum Gasteiger partial charge on any atom is 0.271 e. The van der Waals surface area contributed by atoms with Crippen molar-refractivity contribution in [1.82, 2.24) is 4.98 Å². The molecule has 1 amide bonds. The molecule has 12 heteroatoms. The second-order valence-electron chi connectivity index (χ2n) is 7.64. The summed E-state index contributed by atoms with van der Waals surface area (Å²) in [6, 6.07) is 8.12. The summed E-state index contributed by atoms with van der Waals surface area (Å²) in [6.07, 6.45) is -0.114. The highest BCUT2D eigenvalue weighted by atomic mass is 32.2. The number of sulfone groups is 1. The highest BCUT2D eigenvalue weighted by molar-refractivity contribution is 7.92. The van der Waals surface area contributed by atoms with Gasteiger partial charge in [-0.1, -0.05) is 23.5 Å². The number of carbonyl (C=O) groups is 1. The molecule has 0 bridgehead atoms. The van der Waals surface area contributed by atoms with Gasteiger partial charge in [-0.25, -0.2) is 22.2 Å². The zero-order chi connectivity index (χ0) is 24.5. The molecule has 3 aromatic rings. The van der Waals surface area contributed by atoms with Crippen LogP contribution in [0.4, 0.5) is 13.9 Å². The zero-order valence-electron chi connectivity index (χ0n) is 17.5. The Kier molecular flexibility index (Phi) is 6.94. The molecule has 8 nitrogen and oxygen atoms in total. The third-order valence-corrected chi connectivity index (χ3v) is 8.40. The molecule has 3 N–H and O–H groups in total. The van der Waals surface area contributed by atoms with Crippen molar-refractivity contribution in [2.45, 2.75) is 35.2 Å². The van der Waals surface area contributed by atoms with Crippen LogP contribution in [0.1, 0.15) is 35.5 Å². The second-order valence-corrected chi connectivity index (χ2v) is 10.9. The van der Waals surface area contributed by atoms with Crippen LogP contribution >= 0.6 is 11.3 Å². The van der Waals surface area contributed by atoms with Crippen molar-refractivity contribution >= 4 is 32.2 Å². The Bertz CT molecular complexity index is 1290. The normalized spacial score (nSPS) is 15.5. The summed E-state index contributed by atoms with van der Waals surface area (Å²) in [7, 11) is -3.45. The average molecular weight is 511 g/mol. The summed E-state index contributed by atoms with van der Waals surface area (Å²) in [5, 5.41) is 21.0. The molecule has 180 valence electrons. The number of amides is 1. The Morgan fingerprint density at radius 1 is 1.21 bits per heavy atom. The van der Waals surface area contributed by atoms with Gasteiger partial charge in [-0.15, -0.1) is 0 Å². The van der Waals surface area contributed by atoms with Gasteiger partial charge in [-0.2, -0.15) is 0 Å². The first-order valence-electron chi connectivity index (χ1n) is 10.2. The third kappa shape index (κ3) is 5.25. The van der Waals surface area contributed by atoms with Gasteiger partial charge in [0, 0.05) is 17.8 Å². The predicted octanol–water partition coefficient (Wildman–Crippen LogP) is 3.14. The number of rotatable bonds is 9. The minimum atomic E-state index is -3.45. The molecule has 4 rings (SSSR count). The number of thiazole rings is 1. The van der Waals surface area contributed by atoms with Crippen molar-refractivity contribution < 1.29 is 36.9 Å². The standard InChI is InChI=1S/C22H20F2N2O6S2/c23-13-3-8-18(16(24)9-13)32-20(21(29)26-22-25-10-19(33-22)17(28)11-27)12-1-4-14(5-2-12)34(30,31)15-6-7-15/h1-5,8-10,15,17,20,27-28H,6-7,11H2,(H,25,26,29). The van der Waals surface area contributed by atoms with Crippen LogP contribution < -0.4 is 10.1 Å². The highest BCUT2D eigenvalue weighted by Gasteiger charge is 2.37. The fourth-order valence-corrected chi connectivity index (χ4v) is 5.59. The van der Waals surface area contributed by atoms with Crippen LogP contribution in [0, 0.1) is 11.6 Å². The minimum Gasteiger partial charge on any atom is -0.473 e. The van der Waals surface area contributed by atoms with Gasteiger partial charge < -0.3 is 14.9 Å². The Morgan fingerprint density at radius 3 is 2.53 bits per heavy atom. The summed E-state index contributed by atoms with van der Waals surface area (Å²) in [5.74, 6) is -2.99. The van der Waals surface area contributed by atoms with E-state index in [1.165, 1.54) is 30.5 Å². The molecule has 1 aromatic heterocycles. The van der Waals surface area contributed by atoms with Crippen LogP contribution in [0.5, 0.6) is 5.75 Å². The fourth-order valence-electron chi connectivity index (χ4n) is 3.13. The van der Waals surface area contributed by atoms with Crippen LogP contribution in [-0.2, 0) is 14.6 Å². The molecule has 1 aliphatic rings. The molecule has 0 radical (unpaired) electrons. The van der Waals surface area contributed by atoms with Crippen LogP contribution in [0.25, 0.3) is 0 Å². The molecule has 34 heavy (non-hydrogen) atoms. The van der Waals surface area contributed by atoms with Crippen molar-refractivity contribution in [3.63, 3.8) is 0 Å². The first-order valence-corrected chi connectivity index (χ1v) is 12.6. The molecule has 0 aliphatic heterocycles. The van der Waals surface area contributed by atoms with Gasteiger partial charge in [0.15, 0.2) is 26.5 Å². The number of benzene rings is 2. The Morgan fingerprint density at radius 2 is 1.91 bits per heavy atom. The van der Waals surface area contributed by atoms with E-state index in [2.05, 4.69) is 10.3 Å². The van der Waals surface area contributed by atoms with E-state index >= 15 is 0 Å². The third-order valence-electron chi connectivity index (χ3n) is 5.11. The van der Waals surface area contributed by atoms with E-state index in [0.29, 0.717) is 23.8 Å². The average Bonchev–Trinajstić information content (AvgIpc) is 3.58. The summed E-state index contributed by atoms with van der Waals surface area (Å²) in [5.41, 5.74) is 0.225. The van der Waals surface area contributed by atoms with E-state index in [-0.39, 0.29) is 21.3 Å². The molecule has 2 atom stereocenters. The van der Waals surface area contributed by atoms with Gasteiger partial charge in [0.2, 0.25) is 6.10 Å². The smallest absolute Gasteiger partial charge is 0.271 e. The lowest BCUT2D eigenvalue weighted by Crippen LogP contribution is -2.26. The van der Waals surface area contributed by atoms with Crippen LogP contribution in [0.15, 0.2) is 53.6 Å². The van der Waals surface area contributed by atoms with Gasteiger partial charge in [0.25, 0.3) is 5.91 Å². The number of ether oxygens (including phenoxy) is 1. The molecule has 1 heterocycles. The lowest BCUT2D eigenvalue weighted by molar-refractivity contribution is -0.123. The Labute approximate surface area is 197 Å². The van der Waals surface area contributed by atoms with Crippen molar-refractivity contribution in [1.29, 1.82) is 0 Å². The number of aliphatic hydroxyl groups is 2. The van der Waals surface area contributed by atoms with Crippen molar-refractivity contribution in [3.8, 4) is 5.75 Å². The number of hydrogen-bond acceptors (Lipinski definition) is 8. The maximum absolute atomic E-state index is 14.2. The van der Waals surface area contributed by atoms with Crippen LogP contribution in [-0.4, -0.2) is 41.4 Å². The van der Waals surface area contributed by atoms with Crippen LogP contribution in [0.2, 0.25) is 0 Å². The minimum absolute atomic E-state index is 0.0913. The molecular formula is C22H20F2N2O6S2. The largest absolute Gasteiger partial charge is 0.473 e. The van der Waals surface area contributed by atoms with E-state index in [1.807, 2.05) is 0 Å². The summed E-state index contributed by atoms with van der Waals surface area (Å²) < 4.78 is 58.0. The monoisotopic (exact) mass is 510 g/mol. The quantitative estimate of drug-likeness (QED) is 0.404. The van der Waals surface area contributed by atoms with Gasteiger partial charge in [0.1, 0.15) is 11.9 Å². The Hall–Kier alpha value is -2.93. The zero-order valence-corrected chi connectivity index (χ0v) is 19.2. The van der Waals surface area contributed by atoms with E-state index in [4.69, 9.17) is 9.84 Å². The predicted molar refractivity (Wildman–Crippen MR) is 119 cm³/mol. The first kappa shape index (κ1) is 24.2. The van der Waals surface area contributed by atoms with E-state index in [1.54, 1.807) is 0 Å². The number of nitrogens with one attached hydrogen (secondary N) is 1. The first-order chi connectivity index (χ1) is 16.2. The molecule has 2 unspecified atom stereocenters. The number of carbonyl (C=O) groups excluding carboxylic acids is 1.